The van der Waals surface area contributed by atoms with Crippen molar-refractivity contribution < 1.29 is 14.6 Å². The summed E-state index contributed by atoms with van der Waals surface area (Å²) in [6, 6.07) is 8.15. The van der Waals surface area contributed by atoms with Crippen LogP contribution in [0.2, 0.25) is 0 Å². The lowest BCUT2D eigenvalue weighted by atomic mass is 10.0. The number of nitrogens with one attached hydrogen (secondary N) is 1. The topological polar surface area (TPSA) is 61.8 Å². The van der Waals surface area contributed by atoms with Crippen LogP contribution in [-0.2, 0) is 0 Å². The summed E-state index contributed by atoms with van der Waals surface area (Å²) in [5.41, 5.74) is 0.667. The Kier molecular flexibility index (Phi) is 7.21. The van der Waals surface area contributed by atoms with E-state index < -0.39 is 6.10 Å². The van der Waals surface area contributed by atoms with Gasteiger partial charge in [-0.15, -0.1) is 0 Å². The van der Waals surface area contributed by atoms with Gasteiger partial charge < -0.3 is 20.1 Å². The predicted octanol–water partition coefficient (Wildman–Crippen LogP) is 2.09. The van der Waals surface area contributed by atoms with E-state index in [0.717, 1.165) is 25.9 Å². The number of nitrogens with zero attached hydrogens (tertiary/aromatic N) is 1. The minimum Gasteiger partial charge on any atom is -0.491 e. The number of Topliss-reactive ketones (excluding diaryl/α,β-unsaturated/α-hetero) is 1. The van der Waals surface area contributed by atoms with Gasteiger partial charge in [-0.3, -0.25) is 4.79 Å². The molecule has 0 bridgehead atoms. The van der Waals surface area contributed by atoms with Crippen LogP contribution >= 0.6 is 0 Å². The molecular weight excluding hydrogens is 304 g/mol. The summed E-state index contributed by atoms with van der Waals surface area (Å²) in [6.45, 7) is 8.82. The Morgan fingerprint density at radius 2 is 1.92 bits per heavy atom. The quantitative estimate of drug-likeness (QED) is 0.713. The van der Waals surface area contributed by atoms with E-state index >= 15 is 0 Å². The number of carbonyl (C=O) groups is 1. The number of carbonyl (C=O) groups excluding carboxylic acids is 1. The second-order valence-electron chi connectivity index (χ2n) is 6.94. The average molecular weight is 334 g/mol. The third-order valence-electron chi connectivity index (χ3n) is 4.33. The summed E-state index contributed by atoms with van der Waals surface area (Å²) in [4.78, 5) is 13.5. The Morgan fingerprint density at radius 1 is 1.29 bits per heavy atom. The number of ether oxygens (including phenoxy) is 1. The standard InChI is InChI=1S/C19H30N2O3/c1-14(2)20-17-8-10-21(11-9-17)12-18(23)13-24-19-6-4-16(5-7-19)15(3)22/h4-7,14,17-18,20,23H,8-13H2,1-3H3. The van der Waals surface area contributed by atoms with Gasteiger partial charge in [0.05, 0.1) is 0 Å². The molecule has 1 aliphatic heterocycles. The van der Waals surface area contributed by atoms with Crippen molar-refractivity contribution in [2.24, 2.45) is 0 Å². The van der Waals surface area contributed by atoms with Gasteiger partial charge in [-0.1, -0.05) is 13.8 Å². The second kappa shape index (κ2) is 9.16. The zero-order valence-corrected chi connectivity index (χ0v) is 15.0. The predicted molar refractivity (Wildman–Crippen MR) is 95.7 cm³/mol. The van der Waals surface area contributed by atoms with Crippen molar-refractivity contribution in [1.29, 1.82) is 0 Å². The van der Waals surface area contributed by atoms with E-state index in [1.165, 1.54) is 0 Å². The first-order chi connectivity index (χ1) is 11.4. The number of likely N-dealkylation sites (tertiary alicyclic amines) is 1. The fourth-order valence-corrected chi connectivity index (χ4v) is 3.08. The molecular formula is C19H30N2O3. The maximum atomic E-state index is 11.2. The SMILES string of the molecule is CC(=O)c1ccc(OCC(O)CN2CCC(NC(C)C)CC2)cc1. The zero-order chi connectivity index (χ0) is 17.5. The van der Waals surface area contributed by atoms with Crippen molar-refractivity contribution in [2.75, 3.05) is 26.2 Å². The Hall–Kier alpha value is -1.43. The molecule has 0 spiro atoms. The van der Waals surface area contributed by atoms with Gasteiger partial charge in [-0.05, 0) is 57.1 Å². The molecule has 0 saturated carbocycles. The van der Waals surface area contributed by atoms with Crippen LogP contribution in [0, 0.1) is 0 Å². The minimum absolute atomic E-state index is 0.0388. The van der Waals surface area contributed by atoms with Gasteiger partial charge in [0.1, 0.15) is 18.5 Å². The zero-order valence-electron chi connectivity index (χ0n) is 15.0. The highest BCUT2D eigenvalue weighted by molar-refractivity contribution is 5.94. The van der Waals surface area contributed by atoms with Gasteiger partial charge in [-0.2, -0.15) is 0 Å². The molecule has 1 aromatic rings. The van der Waals surface area contributed by atoms with E-state index in [4.69, 9.17) is 4.74 Å². The van der Waals surface area contributed by atoms with E-state index in [-0.39, 0.29) is 12.4 Å². The Balaban J connectivity index is 1.68. The molecule has 2 N–H and O–H groups in total. The molecule has 5 nitrogen and oxygen atoms in total. The Morgan fingerprint density at radius 3 is 2.46 bits per heavy atom. The van der Waals surface area contributed by atoms with Crippen molar-refractivity contribution in [3.8, 4) is 5.75 Å². The summed E-state index contributed by atoms with van der Waals surface area (Å²) in [5.74, 6) is 0.718. The summed E-state index contributed by atoms with van der Waals surface area (Å²) < 4.78 is 5.62. The number of hydrogen-bond donors (Lipinski definition) is 2. The van der Waals surface area contributed by atoms with Crippen LogP contribution in [0.1, 0.15) is 44.0 Å². The van der Waals surface area contributed by atoms with E-state index in [9.17, 15) is 9.90 Å². The number of hydrogen-bond acceptors (Lipinski definition) is 5. The van der Waals surface area contributed by atoms with Crippen LogP contribution in [0.3, 0.4) is 0 Å². The van der Waals surface area contributed by atoms with E-state index in [0.29, 0.717) is 29.9 Å². The highest BCUT2D eigenvalue weighted by atomic mass is 16.5. The molecule has 0 aromatic heterocycles. The molecule has 1 atom stereocenters. The largest absolute Gasteiger partial charge is 0.491 e. The third-order valence-corrected chi connectivity index (χ3v) is 4.33. The van der Waals surface area contributed by atoms with Gasteiger partial charge in [-0.25, -0.2) is 0 Å². The molecule has 1 aromatic carbocycles. The highest BCUT2D eigenvalue weighted by Gasteiger charge is 2.21. The maximum absolute atomic E-state index is 11.2. The molecule has 1 aliphatic rings. The van der Waals surface area contributed by atoms with Crippen LogP contribution in [0.5, 0.6) is 5.75 Å². The van der Waals surface area contributed by atoms with Gasteiger partial charge in [0.25, 0.3) is 0 Å². The molecule has 2 rings (SSSR count). The third kappa shape index (κ3) is 6.23. The van der Waals surface area contributed by atoms with Gasteiger partial charge in [0, 0.05) is 24.2 Å². The van der Waals surface area contributed by atoms with Crippen LogP contribution < -0.4 is 10.1 Å². The van der Waals surface area contributed by atoms with Crippen molar-refractivity contribution in [2.45, 2.75) is 51.8 Å². The van der Waals surface area contributed by atoms with Gasteiger partial charge in [0.15, 0.2) is 5.78 Å². The molecule has 0 amide bonds. The first-order valence-electron chi connectivity index (χ1n) is 8.84. The Bertz CT molecular complexity index is 508. The van der Waals surface area contributed by atoms with Crippen LogP contribution in [0.25, 0.3) is 0 Å². The first-order valence-corrected chi connectivity index (χ1v) is 8.84. The average Bonchev–Trinajstić information content (AvgIpc) is 2.54. The number of aliphatic hydroxyl groups excluding tert-OH is 1. The van der Waals surface area contributed by atoms with E-state index in [1.54, 1.807) is 31.2 Å². The van der Waals surface area contributed by atoms with Crippen molar-refractivity contribution in [1.82, 2.24) is 10.2 Å². The monoisotopic (exact) mass is 334 g/mol. The summed E-state index contributed by atoms with van der Waals surface area (Å²) in [6.07, 6.45) is 1.74. The lowest BCUT2D eigenvalue weighted by Crippen LogP contribution is -2.47. The molecule has 1 fully saturated rings. The molecule has 0 radical (unpaired) electrons. The van der Waals surface area contributed by atoms with Crippen LogP contribution in [0.15, 0.2) is 24.3 Å². The molecule has 1 heterocycles. The first kappa shape index (κ1) is 18.9. The number of rotatable bonds is 8. The summed E-state index contributed by atoms with van der Waals surface area (Å²) in [5, 5.41) is 13.8. The smallest absolute Gasteiger partial charge is 0.159 e. The lowest BCUT2D eigenvalue weighted by molar-refractivity contribution is 0.0574. The normalized spacial score (nSPS) is 17.9. The molecule has 24 heavy (non-hydrogen) atoms. The molecule has 5 heteroatoms. The molecule has 134 valence electrons. The number of ketones is 1. The second-order valence-corrected chi connectivity index (χ2v) is 6.94. The summed E-state index contributed by atoms with van der Waals surface area (Å²) in [7, 11) is 0. The fourth-order valence-electron chi connectivity index (χ4n) is 3.08. The highest BCUT2D eigenvalue weighted by Crippen LogP contribution is 2.14. The maximum Gasteiger partial charge on any atom is 0.159 e. The lowest BCUT2D eigenvalue weighted by Gasteiger charge is -2.34. The van der Waals surface area contributed by atoms with Crippen molar-refractivity contribution >= 4 is 5.78 Å². The summed E-state index contributed by atoms with van der Waals surface area (Å²) >= 11 is 0. The van der Waals surface area contributed by atoms with Gasteiger partial charge in [0.2, 0.25) is 0 Å². The molecule has 1 unspecified atom stereocenters. The number of benzene rings is 1. The van der Waals surface area contributed by atoms with E-state index in [2.05, 4.69) is 24.1 Å². The van der Waals surface area contributed by atoms with Crippen molar-refractivity contribution in [3.63, 3.8) is 0 Å². The Labute approximate surface area is 145 Å². The number of aliphatic hydroxyl groups is 1. The van der Waals surface area contributed by atoms with Crippen molar-refractivity contribution in [3.05, 3.63) is 29.8 Å². The van der Waals surface area contributed by atoms with E-state index in [1.807, 2.05) is 0 Å². The number of piperidine rings is 1. The minimum atomic E-state index is -0.507. The van der Waals surface area contributed by atoms with Crippen LogP contribution in [0.4, 0.5) is 0 Å². The van der Waals surface area contributed by atoms with Gasteiger partial charge >= 0.3 is 0 Å². The fraction of sp³-hybridized carbons (Fsp3) is 0.632. The molecule has 0 aliphatic carbocycles. The number of β-amino-alcohol motifs (C(OH)–C–C–N with tert-alkyl or cyclic N) is 1. The van der Waals surface area contributed by atoms with Crippen LogP contribution in [-0.4, -0.2) is 60.2 Å². The molecule has 1 saturated heterocycles.